The molecule has 3 rings (SSSR count). The number of carbonyl (C=O) groups excluding carboxylic acids is 1. The Labute approximate surface area is 143 Å². The molecule has 0 saturated carbocycles. The number of hydrogen-bond donors (Lipinski definition) is 0. The summed E-state index contributed by atoms with van der Waals surface area (Å²) in [6.45, 7) is 4.80. The maximum Gasteiger partial charge on any atom is 0.241 e. The van der Waals surface area contributed by atoms with Crippen molar-refractivity contribution in [2.75, 3.05) is 19.8 Å². The molecule has 1 saturated heterocycles. The Morgan fingerprint density at radius 2 is 2.16 bits per heavy atom. The lowest BCUT2D eigenvalue weighted by molar-refractivity contribution is -0.140. The SMILES string of the molecule is CC(C)c1nnc([C@@H]2COCCN2C(=O)Cc2ccc(F)cc2F)o1. The summed E-state index contributed by atoms with van der Waals surface area (Å²) in [5.41, 5.74) is 0.144. The number of carbonyl (C=O) groups is 1. The van der Waals surface area contributed by atoms with E-state index >= 15 is 0 Å². The van der Waals surface area contributed by atoms with E-state index in [1.54, 1.807) is 4.90 Å². The predicted octanol–water partition coefficient (Wildman–Crippen LogP) is 2.61. The fourth-order valence-electron chi connectivity index (χ4n) is 2.65. The molecule has 1 aliphatic heterocycles. The maximum absolute atomic E-state index is 13.8. The summed E-state index contributed by atoms with van der Waals surface area (Å²) in [5.74, 6) is -0.858. The third-order valence-electron chi connectivity index (χ3n) is 4.04. The topological polar surface area (TPSA) is 68.5 Å². The normalized spacial score (nSPS) is 18.0. The Bertz CT molecular complexity index is 763. The minimum Gasteiger partial charge on any atom is -0.423 e. The van der Waals surface area contributed by atoms with Crippen molar-refractivity contribution in [1.29, 1.82) is 0 Å². The van der Waals surface area contributed by atoms with Crippen LogP contribution in [-0.2, 0) is 16.0 Å². The molecule has 6 nitrogen and oxygen atoms in total. The lowest BCUT2D eigenvalue weighted by Gasteiger charge is -2.33. The van der Waals surface area contributed by atoms with Crippen molar-refractivity contribution in [2.45, 2.75) is 32.2 Å². The number of aromatic nitrogens is 2. The standard InChI is InChI=1S/C17H19F2N3O3/c1-10(2)16-20-21-17(25-16)14-9-24-6-5-22(14)15(23)7-11-3-4-12(18)8-13(11)19/h3-4,8,10,14H,5-7,9H2,1-2H3/t14-/m0/s1. The third-order valence-corrected chi connectivity index (χ3v) is 4.04. The Hall–Kier alpha value is -2.35. The molecule has 0 unspecified atom stereocenters. The average molecular weight is 351 g/mol. The van der Waals surface area contributed by atoms with E-state index in [0.29, 0.717) is 24.9 Å². The molecular weight excluding hydrogens is 332 g/mol. The number of hydrogen-bond acceptors (Lipinski definition) is 5. The highest BCUT2D eigenvalue weighted by atomic mass is 19.1. The Morgan fingerprint density at radius 3 is 2.84 bits per heavy atom. The molecule has 1 atom stereocenters. The van der Waals surface area contributed by atoms with E-state index < -0.39 is 17.7 Å². The Balaban J connectivity index is 1.78. The number of benzene rings is 1. The number of halogens is 2. The van der Waals surface area contributed by atoms with Gasteiger partial charge in [0.25, 0.3) is 0 Å². The molecule has 1 fully saturated rings. The molecule has 1 aliphatic rings. The van der Waals surface area contributed by atoms with Crippen molar-refractivity contribution in [3.63, 3.8) is 0 Å². The lowest BCUT2D eigenvalue weighted by atomic mass is 10.1. The molecule has 0 spiro atoms. The highest BCUT2D eigenvalue weighted by molar-refractivity contribution is 5.79. The van der Waals surface area contributed by atoms with Crippen LogP contribution in [0.4, 0.5) is 8.78 Å². The summed E-state index contributed by atoms with van der Waals surface area (Å²) in [4.78, 5) is 14.2. The number of morpholine rings is 1. The summed E-state index contributed by atoms with van der Waals surface area (Å²) >= 11 is 0. The quantitative estimate of drug-likeness (QED) is 0.847. The molecule has 1 aromatic heterocycles. The van der Waals surface area contributed by atoms with Gasteiger partial charge in [0, 0.05) is 18.5 Å². The number of ether oxygens (including phenoxy) is 1. The Kier molecular flexibility index (Phi) is 5.08. The molecule has 2 heterocycles. The first-order chi connectivity index (χ1) is 12.0. The van der Waals surface area contributed by atoms with Crippen LogP contribution >= 0.6 is 0 Å². The zero-order valence-corrected chi connectivity index (χ0v) is 14.0. The van der Waals surface area contributed by atoms with Crippen LogP contribution in [0.25, 0.3) is 0 Å². The highest BCUT2D eigenvalue weighted by Crippen LogP contribution is 2.26. The van der Waals surface area contributed by atoms with Crippen molar-refractivity contribution < 1.29 is 22.7 Å². The van der Waals surface area contributed by atoms with Gasteiger partial charge in [0.15, 0.2) is 0 Å². The molecule has 1 amide bonds. The van der Waals surface area contributed by atoms with Gasteiger partial charge in [-0.05, 0) is 11.6 Å². The first kappa shape index (κ1) is 17.5. The van der Waals surface area contributed by atoms with Gasteiger partial charge in [0.1, 0.15) is 17.7 Å². The first-order valence-electron chi connectivity index (χ1n) is 8.10. The molecular formula is C17H19F2N3O3. The number of rotatable bonds is 4. The van der Waals surface area contributed by atoms with Gasteiger partial charge in [-0.1, -0.05) is 19.9 Å². The molecule has 2 aromatic rings. The lowest BCUT2D eigenvalue weighted by Crippen LogP contribution is -2.44. The second-order valence-corrected chi connectivity index (χ2v) is 6.22. The van der Waals surface area contributed by atoms with Crippen molar-refractivity contribution in [3.05, 3.63) is 47.2 Å². The van der Waals surface area contributed by atoms with Gasteiger partial charge in [0.2, 0.25) is 17.7 Å². The molecule has 0 radical (unpaired) electrons. The van der Waals surface area contributed by atoms with E-state index in [1.807, 2.05) is 13.8 Å². The predicted molar refractivity (Wildman–Crippen MR) is 83.7 cm³/mol. The van der Waals surface area contributed by atoms with Crippen LogP contribution in [0.3, 0.4) is 0 Å². The Morgan fingerprint density at radius 1 is 1.36 bits per heavy atom. The fourth-order valence-corrected chi connectivity index (χ4v) is 2.65. The minimum atomic E-state index is -0.738. The molecule has 134 valence electrons. The van der Waals surface area contributed by atoms with Crippen LogP contribution < -0.4 is 0 Å². The van der Waals surface area contributed by atoms with Crippen molar-refractivity contribution in [3.8, 4) is 0 Å². The molecule has 0 N–H and O–H groups in total. The van der Waals surface area contributed by atoms with E-state index in [2.05, 4.69) is 10.2 Å². The van der Waals surface area contributed by atoms with Gasteiger partial charge in [0.05, 0.1) is 19.6 Å². The number of nitrogens with zero attached hydrogens (tertiary/aromatic N) is 3. The second-order valence-electron chi connectivity index (χ2n) is 6.22. The summed E-state index contributed by atoms with van der Waals surface area (Å²) in [7, 11) is 0. The van der Waals surface area contributed by atoms with E-state index in [-0.39, 0.29) is 30.4 Å². The molecule has 25 heavy (non-hydrogen) atoms. The van der Waals surface area contributed by atoms with Crippen LogP contribution in [0.5, 0.6) is 0 Å². The van der Waals surface area contributed by atoms with Gasteiger partial charge in [-0.25, -0.2) is 8.78 Å². The van der Waals surface area contributed by atoms with Crippen molar-refractivity contribution >= 4 is 5.91 Å². The van der Waals surface area contributed by atoms with Gasteiger partial charge >= 0.3 is 0 Å². The highest BCUT2D eigenvalue weighted by Gasteiger charge is 2.33. The van der Waals surface area contributed by atoms with E-state index in [0.717, 1.165) is 12.1 Å². The largest absolute Gasteiger partial charge is 0.423 e. The monoisotopic (exact) mass is 351 g/mol. The maximum atomic E-state index is 13.8. The fraction of sp³-hybridized carbons (Fsp3) is 0.471. The van der Waals surface area contributed by atoms with E-state index in [1.165, 1.54) is 6.07 Å². The van der Waals surface area contributed by atoms with Crippen molar-refractivity contribution in [2.24, 2.45) is 0 Å². The van der Waals surface area contributed by atoms with Crippen LogP contribution in [0.15, 0.2) is 22.6 Å². The zero-order valence-electron chi connectivity index (χ0n) is 14.0. The summed E-state index contributed by atoms with van der Waals surface area (Å²) in [5, 5.41) is 8.00. The number of amides is 1. The summed E-state index contributed by atoms with van der Waals surface area (Å²) in [6, 6.07) is 2.67. The summed E-state index contributed by atoms with van der Waals surface area (Å²) < 4.78 is 37.9. The van der Waals surface area contributed by atoms with Gasteiger partial charge < -0.3 is 14.1 Å². The van der Waals surface area contributed by atoms with E-state index in [9.17, 15) is 13.6 Å². The average Bonchev–Trinajstić information content (AvgIpc) is 3.07. The van der Waals surface area contributed by atoms with Crippen LogP contribution in [0.1, 0.15) is 43.2 Å². The van der Waals surface area contributed by atoms with Gasteiger partial charge in [-0.2, -0.15) is 0 Å². The zero-order chi connectivity index (χ0) is 18.0. The smallest absolute Gasteiger partial charge is 0.241 e. The van der Waals surface area contributed by atoms with Gasteiger partial charge in [-0.15, -0.1) is 10.2 Å². The molecule has 0 bridgehead atoms. The van der Waals surface area contributed by atoms with Crippen LogP contribution in [-0.4, -0.2) is 40.8 Å². The summed E-state index contributed by atoms with van der Waals surface area (Å²) in [6.07, 6.45) is -0.173. The van der Waals surface area contributed by atoms with Crippen LogP contribution in [0.2, 0.25) is 0 Å². The molecule has 0 aliphatic carbocycles. The minimum absolute atomic E-state index is 0.0724. The van der Waals surface area contributed by atoms with Gasteiger partial charge in [-0.3, -0.25) is 4.79 Å². The van der Waals surface area contributed by atoms with E-state index in [4.69, 9.17) is 9.15 Å². The second kappa shape index (κ2) is 7.26. The first-order valence-corrected chi connectivity index (χ1v) is 8.10. The van der Waals surface area contributed by atoms with Crippen LogP contribution in [0, 0.1) is 11.6 Å². The molecule has 1 aromatic carbocycles. The van der Waals surface area contributed by atoms with Crippen molar-refractivity contribution in [1.82, 2.24) is 15.1 Å². The third kappa shape index (κ3) is 3.84. The molecule has 8 heteroatoms.